The highest BCUT2D eigenvalue weighted by Gasteiger charge is 2.19. The maximum absolute atomic E-state index is 9.76. The number of hydrogen-bond acceptors (Lipinski definition) is 4. The maximum Gasteiger partial charge on any atom is 0.183 e. The molecule has 1 aromatic heterocycles. The Morgan fingerprint density at radius 3 is 2.67 bits per heavy atom. The summed E-state index contributed by atoms with van der Waals surface area (Å²) in [7, 11) is 2.96. The first-order chi connectivity index (χ1) is 7.19. The van der Waals surface area contributed by atoms with Crippen molar-refractivity contribution >= 4 is 11.6 Å². The van der Waals surface area contributed by atoms with Crippen LogP contribution < -0.4 is 0 Å². The number of methoxy groups -OCH3 is 2. The molecule has 5 heteroatoms. The van der Waals surface area contributed by atoms with Gasteiger partial charge in [0, 0.05) is 33.0 Å². The number of aromatic nitrogens is 1. The van der Waals surface area contributed by atoms with Gasteiger partial charge in [0.1, 0.15) is 6.10 Å². The van der Waals surface area contributed by atoms with Crippen molar-refractivity contribution < 1.29 is 14.6 Å². The van der Waals surface area contributed by atoms with Crippen molar-refractivity contribution in [2.75, 3.05) is 14.2 Å². The molecule has 1 atom stereocenters. The largest absolute Gasteiger partial charge is 0.387 e. The zero-order valence-corrected chi connectivity index (χ0v) is 9.44. The lowest BCUT2D eigenvalue weighted by atomic mass is 10.1. The first-order valence-corrected chi connectivity index (χ1v) is 4.89. The molecule has 1 heterocycles. The van der Waals surface area contributed by atoms with Gasteiger partial charge >= 0.3 is 0 Å². The molecular weight excluding hydrogens is 218 g/mol. The molecule has 0 radical (unpaired) electrons. The van der Waals surface area contributed by atoms with Crippen LogP contribution in [0.15, 0.2) is 18.5 Å². The monoisotopic (exact) mass is 231 g/mol. The van der Waals surface area contributed by atoms with Crippen molar-refractivity contribution in [2.45, 2.75) is 18.8 Å². The second-order valence-electron chi connectivity index (χ2n) is 3.08. The molecule has 0 spiro atoms. The predicted molar refractivity (Wildman–Crippen MR) is 56.8 cm³/mol. The van der Waals surface area contributed by atoms with Crippen molar-refractivity contribution in [2.24, 2.45) is 0 Å². The van der Waals surface area contributed by atoms with Crippen LogP contribution in [0.3, 0.4) is 0 Å². The van der Waals surface area contributed by atoms with Crippen molar-refractivity contribution in [3.8, 4) is 0 Å². The maximum atomic E-state index is 9.76. The molecule has 4 nitrogen and oxygen atoms in total. The molecule has 0 bridgehead atoms. The molecule has 0 saturated heterocycles. The zero-order valence-electron chi connectivity index (χ0n) is 8.68. The Kier molecular flexibility index (Phi) is 4.98. The number of ether oxygens (including phenoxy) is 2. The van der Waals surface area contributed by atoms with Crippen molar-refractivity contribution in [1.82, 2.24) is 4.98 Å². The van der Waals surface area contributed by atoms with E-state index in [0.29, 0.717) is 11.4 Å². The van der Waals surface area contributed by atoms with Gasteiger partial charge in [-0.2, -0.15) is 0 Å². The van der Waals surface area contributed by atoms with Gasteiger partial charge < -0.3 is 14.6 Å². The van der Waals surface area contributed by atoms with Crippen molar-refractivity contribution in [1.29, 1.82) is 0 Å². The molecule has 0 saturated carbocycles. The first kappa shape index (κ1) is 12.4. The standard InChI is InChI=1S/C10H14ClNO3/c1-14-10(15-2)9(13)5-7-3-4-12-6-8(7)11/h3-4,6,9-10,13H,5H2,1-2H3. The van der Waals surface area contributed by atoms with Crippen LogP contribution >= 0.6 is 11.6 Å². The summed E-state index contributed by atoms with van der Waals surface area (Å²) >= 11 is 5.90. The third-order valence-electron chi connectivity index (χ3n) is 2.06. The highest BCUT2D eigenvalue weighted by atomic mass is 35.5. The van der Waals surface area contributed by atoms with E-state index in [1.165, 1.54) is 20.4 Å². The van der Waals surface area contributed by atoms with Crippen LogP contribution in [0.4, 0.5) is 0 Å². The summed E-state index contributed by atoms with van der Waals surface area (Å²) in [4.78, 5) is 3.86. The molecule has 1 N–H and O–H groups in total. The van der Waals surface area contributed by atoms with E-state index in [1.807, 2.05) is 0 Å². The molecule has 1 unspecified atom stereocenters. The fourth-order valence-electron chi connectivity index (χ4n) is 1.30. The number of pyridine rings is 1. The van der Waals surface area contributed by atoms with E-state index >= 15 is 0 Å². The Bertz CT molecular complexity index is 304. The minimum Gasteiger partial charge on any atom is -0.387 e. The average Bonchev–Trinajstić information content (AvgIpc) is 2.23. The molecule has 1 aromatic rings. The molecule has 0 fully saturated rings. The topological polar surface area (TPSA) is 51.6 Å². The molecule has 0 amide bonds. The molecule has 0 aromatic carbocycles. The number of rotatable bonds is 5. The van der Waals surface area contributed by atoms with E-state index in [4.69, 9.17) is 21.1 Å². The lowest BCUT2D eigenvalue weighted by Crippen LogP contribution is -2.31. The molecule has 0 aliphatic heterocycles. The van der Waals surface area contributed by atoms with E-state index in [0.717, 1.165) is 5.56 Å². The van der Waals surface area contributed by atoms with E-state index in [9.17, 15) is 5.11 Å². The summed E-state index contributed by atoms with van der Waals surface area (Å²) in [5.74, 6) is 0. The second-order valence-corrected chi connectivity index (χ2v) is 3.49. The van der Waals surface area contributed by atoms with Crippen molar-refractivity contribution in [3.63, 3.8) is 0 Å². The molecular formula is C10H14ClNO3. The van der Waals surface area contributed by atoms with Crippen LogP contribution in [0.25, 0.3) is 0 Å². The van der Waals surface area contributed by atoms with Crippen LogP contribution in [-0.4, -0.2) is 36.7 Å². The molecule has 1 rings (SSSR count). The van der Waals surface area contributed by atoms with E-state index in [2.05, 4.69) is 4.98 Å². The average molecular weight is 232 g/mol. The number of nitrogens with zero attached hydrogens (tertiary/aromatic N) is 1. The van der Waals surface area contributed by atoms with Crippen LogP contribution in [0.5, 0.6) is 0 Å². The third-order valence-corrected chi connectivity index (χ3v) is 2.40. The first-order valence-electron chi connectivity index (χ1n) is 4.51. The summed E-state index contributed by atoms with van der Waals surface area (Å²) in [6.07, 6.45) is 2.14. The second kappa shape index (κ2) is 6.02. The molecule has 15 heavy (non-hydrogen) atoms. The summed E-state index contributed by atoms with van der Waals surface area (Å²) in [6, 6.07) is 1.76. The third kappa shape index (κ3) is 3.43. The summed E-state index contributed by atoms with van der Waals surface area (Å²) in [5.41, 5.74) is 0.818. The quantitative estimate of drug-likeness (QED) is 0.776. The number of hydrogen-bond donors (Lipinski definition) is 1. The highest BCUT2D eigenvalue weighted by Crippen LogP contribution is 2.17. The van der Waals surface area contributed by atoms with Gasteiger partial charge in [-0.15, -0.1) is 0 Å². The van der Waals surface area contributed by atoms with Gasteiger partial charge in [-0.3, -0.25) is 4.98 Å². The van der Waals surface area contributed by atoms with Crippen LogP contribution in [0, 0.1) is 0 Å². The number of halogens is 1. The minimum absolute atomic E-state index is 0.369. The summed E-state index contributed by atoms with van der Waals surface area (Å²) < 4.78 is 9.88. The minimum atomic E-state index is -0.750. The Labute approximate surface area is 93.8 Å². The van der Waals surface area contributed by atoms with Gasteiger partial charge in [-0.25, -0.2) is 0 Å². The lowest BCUT2D eigenvalue weighted by Gasteiger charge is -2.20. The smallest absolute Gasteiger partial charge is 0.183 e. The van der Waals surface area contributed by atoms with Crippen molar-refractivity contribution in [3.05, 3.63) is 29.0 Å². The van der Waals surface area contributed by atoms with Gasteiger partial charge in [0.2, 0.25) is 0 Å². The normalized spacial score (nSPS) is 13.1. The van der Waals surface area contributed by atoms with E-state index in [1.54, 1.807) is 12.3 Å². The van der Waals surface area contributed by atoms with Gasteiger partial charge in [0.25, 0.3) is 0 Å². The summed E-state index contributed by atoms with van der Waals surface area (Å²) in [6.45, 7) is 0. The van der Waals surface area contributed by atoms with E-state index < -0.39 is 12.4 Å². The number of aliphatic hydroxyl groups is 1. The van der Waals surface area contributed by atoms with Crippen LogP contribution in [-0.2, 0) is 15.9 Å². The fourth-order valence-corrected chi connectivity index (χ4v) is 1.50. The van der Waals surface area contributed by atoms with Crippen LogP contribution in [0.2, 0.25) is 5.02 Å². The molecule has 84 valence electrons. The zero-order chi connectivity index (χ0) is 11.3. The van der Waals surface area contributed by atoms with Crippen LogP contribution in [0.1, 0.15) is 5.56 Å². The predicted octanol–water partition coefficient (Wildman–Crippen LogP) is 1.26. The van der Waals surface area contributed by atoms with Gasteiger partial charge in [-0.1, -0.05) is 11.6 Å². The van der Waals surface area contributed by atoms with Gasteiger partial charge in [0.15, 0.2) is 6.29 Å². The SMILES string of the molecule is COC(OC)C(O)Cc1ccncc1Cl. The molecule has 0 aliphatic carbocycles. The Hall–Kier alpha value is -0.680. The Morgan fingerprint density at radius 2 is 2.13 bits per heavy atom. The molecule has 0 aliphatic rings. The van der Waals surface area contributed by atoms with Gasteiger partial charge in [0.05, 0.1) is 5.02 Å². The van der Waals surface area contributed by atoms with Gasteiger partial charge in [-0.05, 0) is 11.6 Å². The number of aliphatic hydroxyl groups excluding tert-OH is 1. The fraction of sp³-hybridized carbons (Fsp3) is 0.500. The van der Waals surface area contributed by atoms with E-state index in [-0.39, 0.29) is 0 Å². The summed E-state index contributed by atoms with van der Waals surface area (Å²) in [5, 5.41) is 10.3. The lowest BCUT2D eigenvalue weighted by molar-refractivity contribution is -0.163. The Morgan fingerprint density at radius 1 is 1.47 bits per heavy atom. The Balaban J connectivity index is 2.65. The highest BCUT2D eigenvalue weighted by molar-refractivity contribution is 6.31.